The van der Waals surface area contributed by atoms with Crippen molar-refractivity contribution in [2.24, 2.45) is 5.41 Å². The summed E-state index contributed by atoms with van der Waals surface area (Å²) < 4.78 is 0. The second kappa shape index (κ2) is 5.92. The van der Waals surface area contributed by atoms with E-state index in [0.29, 0.717) is 6.54 Å². The Bertz CT molecular complexity index is 610. The zero-order valence-electron chi connectivity index (χ0n) is 12.5. The number of aryl methyl sites for hydroxylation is 1. The van der Waals surface area contributed by atoms with Crippen molar-refractivity contribution in [1.82, 2.24) is 10.3 Å². The molecule has 0 fully saturated rings. The van der Waals surface area contributed by atoms with E-state index in [1.54, 1.807) is 11.8 Å². The molecular weight excluding hydrogens is 268 g/mol. The number of nitrogens with one attached hydrogen (secondary N) is 2. The number of fused-ring (bicyclic) bond motifs is 1. The van der Waals surface area contributed by atoms with Gasteiger partial charge < -0.3 is 10.3 Å². The summed E-state index contributed by atoms with van der Waals surface area (Å²) in [5.74, 6) is 0.985. The van der Waals surface area contributed by atoms with Crippen LogP contribution in [0.3, 0.4) is 0 Å². The second-order valence-electron chi connectivity index (χ2n) is 5.98. The van der Waals surface area contributed by atoms with E-state index in [9.17, 15) is 4.79 Å². The first-order valence-electron chi connectivity index (χ1n) is 6.88. The van der Waals surface area contributed by atoms with E-state index < -0.39 is 0 Å². The summed E-state index contributed by atoms with van der Waals surface area (Å²) in [5, 5.41) is 4.24. The van der Waals surface area contributed by atoms with Gasteiger partial charge in [-0.25, -0.2) is 0 Å². The minimum Gasteiger partial charge on any atom is -0.358 e. The predicted molar refractivity (Wildman–Crippen MR) is 86.2 cm³/mol. The molecule has 0 spiro atoms. The second-order valence-corrected chi connectivity index (χ2v) is 7.08. The van der Waals surface area contributed by atoms with Gasteiger partial charge >= 0.3 is 0 Å². The molecule has 0 saturated heterocycles. The normalized spacial score (nSPS) is 11.8. The zero-order valence-corrected chi connectivity index (χ0v) is 13.4. The maximum absolute atomic E-state index is 11.8. The van der Waals surface area contributed by atoms with Gasteiger partial charge in [0.2, 0.25) is 5.91 Å². The van der Waals surface area contributed by atoms with Crippen molar-refractivity contribution in [2.45, 2.75) is 32.6 Å². The maximum Gasteiger partial charge on any atom is 0.225 e. The number of rotatable bonds is 4. The van der Waals surface area contributed by atoms with Gasteiger partial charge in [-0.05, 0) is 13.0 Å². The lowest BCUT2D eigenvalue weighted by Gasteiger charge is -2.17. The van der Waals surface area contributed by atoms with Crippen molar-refractivity contribution in [2.75, 3.05) is 12.3 Å². The van der Waals surface area contributed by atoms with Crippen LogP contribution in [-0.4, -0.2) is 23.2 Å². The molecule has 2 rings (SSSR count). The third kappa shape index (κ3) is 3.37. The SMILES string of the molecule is Cc1[nH]c2ccccc2c1SCCNC(=O)C(C)(C)C. The van der Waals surface area contributed by atoms with Crippen molar-refractivity contribution in [3.63, 3.8) is 0 Å². The van der Waals surface area contributed by atoms with E-state index in [0.717, 1.165) is 5.75 Å². The molecule has 0 saturated carbocycles. The quantitative estimate of drug-likeness (QED) is 0.665. The number of benzene rings is 1. The number of aromatic nitrogens is 1. The molecule has 0 atom stereocenters. The average molecular weight is 290 g/mol. The predicted octanol–water partition coefficient (Wildman–Crippen LogP) is 3.73. The van der Waals surface area contributed by atoms with E-state index in [1.807, 2.05) is 26.8 Å². The van der Waals surface area contributed by atoms with Crippen LogP contribution in [0.1, 0.15) is 26.5 Å². The molecular formula is C16H22N2OS. The molecule has 0 bridgehead atoms. The van der Waals surface area contributed by atoms with E-state index >= 15 is 0 Å². The Kier molecular flexibility index (Phi) is 4.43. The highest BCUT2D eigenvalue weighted by atomic mass is 32.2. The van der Waals surface area contributed by atoms with Gasteiger partial charge in [0, 0.05) is 39.2 Å². The third-order valence-electron chi connectivity index (χ3n) is 3.15. The molecule has 0 aliphatic carbocycles. The summed E-state index contributed by atoms with van der Waals surface area (Å²) in [6.45, 7) is 8.58. The smallest absolute Gasteiger partial charge is 0.225 e. The standard InChI is InChI=1S/C16H22N2OS/c1-11-14(12-7-5-6-8-13(12)18-11)20-10-9-17-15(19)16(2,3)4/h5-8,18H,9-10H2,1-4H3,(H,17,19). The molecule has 0 radical (unpaired) electrons. The van der Waals surface area contributed by atoms with Crippen molar-refractivity contribution in [3.8, 4) is 0 Å². The molecule has 0 unspecified atom stereocenters. The Morgan fingerprint density at radius 3 is 2.70 bits per heavy atom. The number of carbonyl (C=O) groups is 1. The van der Waals surface area contributed by atoms with Gasteiger partial charge in [0.1, 0.15) is 0 Å². The van der Waals surface area contributed by atoms with E-state index in [-0.39, 0.29) is 11.3 Å². The first kappa shape index (κ1) is 15.0. The molecule has 1 aromatic heterocycles. The third-order valence-corrected chi connectivity index (χ3v) is 4.37. The highest BCUT2D eigenvalue weighted by Gasteiger charge is 2.20. The van der Waals surface area contributed by atoms with Gasteiger partial charge in [-0.1, -0.05) is 39.0 Å². The molecule has 1 heterocycles. The molecule has 4 heteroatoms. The topological polar surface area (TPSA) is 44.9 Å². The lowest BCUT2D eigenvalue weighted by Crippen LogP contribution is -2.36. The van der Waals surface area contributed by atoms with Crippen LogP contribution < -0.4 is 5.32 Å². The summed E-state index contributed by atoms with van der Waals surface area (Å²) in [6, 6.07) is 8.32. The first-order chi connectivity index (χ1) is 9.39. The number of thioether (sulfide) groups is 1. The fourth-order valence-electron chi connectivity index (χ4n) is 2.02. The monoisotopic (exact) mass is 290 g/mol. The number of carbonyl (C=O) groups excluding carboxylic acids is 1. The lowest BCUT2D eigenvalue weighted by molar-refractivity contribution is -0.128. The summed E-state index contributed by atoms with van der Waals surface area (Å²) in [5.41, 5.74) is 2.05. The van der Waals surface area contributed by atoms with Crippen LogP contribution in [0.15, 0.2) is 29.2 Å². The Morgan fingerprint density at radius 1 is 1.30 bits per heavy atom. The molecule has 1 amide bonds. The van der Waals surface area contributed by atoms with Crippen molar-refractivity contribution in [3.05, 3.63) is 30.0 Å². The van der Waals surface area contributed by atoms with Crippen LogP contribution in [0.4, 0.5) is 0 Å². The van der Waals surface area contributed by atoms with Gasteiger partial charge in [0.15, 0.2) is 0 Å². The first-order valence-corrected chi connectivity index (χ1v) is 7.86. The van der Waals surface area contributed by atoms with Crippen molar-refractivity contribution < 1.29 is 4.79 Å². The van der Waals surface area contributed by atoms with E-state index in [4.69, 9.17) is 0 Å². The number of para-hydroxylation sites is 1. The minimum atomic E-state index is -0.318. The molecule has 2 aromatic rings. The Morgan fingerprint density at radius 2 is 2.00 bits per heavy atom. The van der Waals surface area contributed by atoms with Gasteiger partial charge in [-0.3, -0.25) is 4.79 Å². The van der Waals surface area contributed by atoms with Gasteiger partial charge in [0.05, 0.1) is 0 Å². The fraction of sp³-hybridized carbons (Fsp3) is 0.438. The Hall–Kier alpha value is -1.42. The molecule has 20 heavy (non-hydrogen) atoms. The molecule has 2 N–H and O–H groups in total. The highest BCUT2D eigenvalue weighted by Crippen LogP contribution is 2.30. The van der Waals surface area contributed by atoms with Crippen LogP contribution in [0.5, 0.6) is 0 Å². The molecule has 1 aromatic carbocycles. The Balaban J connectivity index is 1.94. The van der Waals surface area contributed by atoms with Gasteiger partial charge in [-0.2, -0.15) is 0 Å². The maximum atomic E-state index is 11.8. The van der Waals surface area contributed by atoms with Crippen LogP contribution in [0.2, 0.25) is 0 Å². The number of H-pyrrole nitrogens is 1. The van der Waals surface area contributed by atoms with E-state index in [1.165, 1.54) is 21.5 Å². The zero-order chi connectivity index (χ0) is 14.8. The van der Waals surface area contributed by atoms with Crippen LogP contribution in [-0.2, 0) is 4.79 Å². The summed E-state index contributed by atoms with van der Waals surface area (Å²) in [7, 11) is 0. The largest absolute Gasteiger partial charge is 0.358 e. The highest BCUT2D eigenvalue weighted by molar-refractivity contribution is 7.99. The van der Waals surface area contributed by atoms with Gasteiger partial charge in [0.25, 0.3) is 0 Å². The van der Waals surface area contributed by atoms with Crippen molar-refractivity contribution in [1.29, 1.82) is 0 Å². The van der Waals surface area contributed by atoms with E-state index in [2.05, 4.69) is 35.4 Å². The summed E-state index contributed by atoms with van der Waals surface area (Å²) in [6.07, 6.45) is 0. The van der Waals surface area contributed by atoms with Crippen LogP contribution in [0.25, 0.3) is 10.9 Å². The van der Waals surface area contributed by atoms with Crippen LogP contribution >= 0.6 is 11.8 Å². The number of amides is 1. The average Bonchev–Trinajstić information content (AvgIpc) is 2.69. The molecule has 108 valence electrons. The molecule has 0 aliphatic rings. The number of hydrogen-bond acceptors (Lipinski definition) is 2. The number of aromatic amines is 1. The summed E-state index contributed by atoms with van der Waals surface area (Å²) in [4.78, 5) is 16.5. The van der Waals surface area contributed by atoms with Crippen LogP contribution in [0, 0.1) is 12.3 Å². The van der Waals surface area contributed by atoms with Gasteiger partial charge in [-0.15, -0.1) is 11.8 Å². The fourth-order valence-corrected chi connectivity index (χ4v) is 3.03. The van der Waals surface area contributed by atoms with Crippen molar-refractivity contribution >= 4 is 28.6 Å². The molecule has 0 aliphatic heterocycles. The Labute approximate surface area is 124 Å². The number of hydrogen-bond donors (Lipinski definition) is 2. The lowest BCUT2D eigenvalue weighted by atomic mass is 9.96. The molecule has 3 nitrogen and oxygen atoms in total. The summed E-state index contributed by atoms with van der Waals surface area (Å²) >= 11 is 1.79. The minimum absolute atomic E-state index is 0.105.